The summed E-state index contributed by atoms with van der Waals surface area (Å²) in [6.45, 7) is 0. The fraction of sp³-hybridized carbons (Fsp3) is 0.0667. The van der Waals surface area contributed by atoms with Gasteiger partial charge < -0.3 is 5.32 Å². The lowest BCUT2D eigenvalue weighted by Gasteiger charge is -2.18. The van der Waals surface area contributed by atoms with E-state index in [4.69, 9.17) is 5.10 Å². The molecule has 3 aromatic heterocycles. The highest BCUT2D eigenvalue weighted by atomic mass is 32.1. The normalized spacial score (nSPS) is 11.2. The number of carbonyl (C=O) groups is 1. The lowest BCUT2D eigenvalue weighted by molar-refractivity contribution is -0.116. The molecule has 3 heterocycles. The second-order valence-electron chi connectivity index (χ2n) is 8.70. The van der Waals surface area contributed by atoms with Crippen LogP contribution in [0.15, 0.2) is 115 Å². The number of nitrogens with zero attached hydrogens (tertiary/aromatic N) is 4. The summed E-state index contributed by atoms with van der Waals surface area (Å²) in [6.07, 6.45) is 0.341. The molecule has 0 bridgehead atoms. The Morgan fingerprint density at radius 2 is 1.57 bits per heavy atom. The van der Waals surface area contributed by atoms with Gasteiger partial charge in [0.2, 0.25) is 5.91 Å². The number of hydrogen-bond donors (Lipinski definition) is 1. The highest BCUT2D eigenvalue weighted by Crippen LogP contribution is 2.29. The van der Waals surface area contributed by atoms with Gasteiger partial charge in [0.1, 0.15) is 0 Å². The van der Waals surface area contributed by atoms with Gasteiger partial charge in [-0.25, -0.2) is 0 Å². The summed E-state index contributed by atoms with van der Waals surface area (Å²) in [5.41, 5.74) is 5.31. The Bertz CT molecular complexity index is 1610. The molecule has 0 fully saturated rings. The Balaban J connectivity index is 1.25. The number of aromatic nitrogens is 4. The number of carbonyl (C=O) groups excluding carboxylic acids is 1. The molecule has 0 atom stereocenters. The molecule has 0 spiro atoms. The number of benzene rings is 3. The first kappa shape index (κ1) is 22.8. The zero-order valence-electron chi connectivity index (χ0n) is 19.9. The van der Waals surface area contributed by atoms with Crippen molar-refractivity contribution in [2.75, 3.05) is 5.32 Å². The van der Waals surface area contributed by atoms with Gasteiger partial charge in [-0.2, -0.15) is 9.61 Å². The fourth-order valence-corrected chi connectivity index (χ4v) is 5.15. The van der Waals surface area contributed by atoms with E-state index in [1.54, 1.807) is 15.9 Å². The number of rotatable bonds is 7. The van der Waals surface area contributed by atoms with Crippen molar-refractivity contribution in [2.45, 2.75) is 12.3 Å². The van der Waals surface area contributed by atoms with Crippen LogP contribution in [0.25, 0.3) is 27.6 Å². The molecule has 0 saturated carbocycles. The topological polar surface area (TPSA) is 72.2 Å². The van der Waals surface area contributed by atoms with Gasteiger partial charge >= 0.3 is 0 Å². The molecule has 37 heavy (non-hydrogen) atoms. The first-order chi connectivity index (χ1) is 18.2. The summed E-state index contributed by atoms with van der Waals surface area (Å²) in [4.78, 5) is 14.2. The highest BCUT2D eigenvalue weighted by Gasteiger charge is 2.18. The van der Waals surface area contributed by atoms with E-state index in [0.29, 0.717) is 17.9 Å². The van der Waals surface area contributed by atoms with Crippen molar-refractivity contribution in [2.24, 2.45) is 0 Å². The van der Waals surface area contributed by atoms with Gasteiger partial charge in [-0.05, 0) is 46.8 Å². The molecule has 0 aliphatic heterocycles. The van der Waals surface area contributed by atoms with Gasteiger partial charge in [-0.15, -0.1) is 21.5 Å². The lowest BCUT2D eigenvalue weighted by Crippen LogP contribution is -2.16. The summed E-state index contributed by atoms with van der Waals surface area (Å²) in [5.74, 6) is 0.639. The molecule has 180 valence electrons. The Morgan fingerprint density at radius 1 is 0.811 bits per heavy atom. The first-order valence-electron chi connectivity index (χ1n) is 12.0. The molecule has 0 aliphatic carbocycles. The number of hydrogen-bond acceptors (Lipinski definition) is 5. The third-order valence-electron chi connectivity index (χ3n) is 6.24. The predicted molar refractivity (Wildman–Crippen MR) is 148 cm³/mol. The van der Waals surface area contributed by atoms with Crippen LogP contribution in [0.3, 0.4) is 0 Å². The van der Waals surface area contributed by atoms with Crippen LogP contribution in [-0.2, 0) is 4.79 Å². The van der Waals surface area contributed by atoms with Gasteiger partial charge in [0.05, 0.1) is 10.6 Å². The minimum absolute atomic E-state index is 0.0286. The van der Waals surface area contributed by atoms with E-state index in [2.05, 4.69) is 39.8 Å². The average molecular weight is 502 g/mol. The van der Waals surface area contributed by atoms with E-state index < -0.39 is 0 Å². The molecule has 0 aliphatic rings. The van der Waals surface area contributed by atoms with E-state index in [0.717, 1.165) is 32.9 Å². The number of amides is 1. The maximum absolute atomic E-state index is 13.2. The Kier molecular flexibility index (Phi) is 6.27. The molecule has 3 aromatic carbocycles. The van der Waals surface area contributed by atoms with Crippen molar-refractivity contribution in [1.82, 2.24) is 19.8 Å². The number of fused-ring (bicyclic) bond motifs is 1. The van der Waals surface area contributed by atoms with Crippen molar-refractivity contribution in [3.8, 4) is 22.0 Å². The summed E-state index contributed by atoms with van der Waals surface area (Å²) in [5, 5.41) is 18.4. The van der Waals surface area contributed by atoms with Crippen molar-refractivity contribution in [1.29, 1.82) is 0 Å². The molecule has 6 nitrogen and oxygen atoms in total. The van der Waals surface area contributed by atoms with Crippen molar-refractivity contribution in [3.05, 3.63) is 126 Å². The second-order valence-corrected chi connectivity index (χ2v) is 9.64. The molecule has 6 rings (SSSR count). The van der Waals surface area contributed by atoms with Crippen molar-refractivity contribution >= 4 is 28.6 Å². The minimum atomic E-state index is -0.0444. The monoisotopic (exact) mass is 501 g/mol. The second kappa shape index (κ2) is 10.2. The third-order valence-corrected chi connectivity index (χ3v) is 7.11. The van der Waals surface area contributed by atoms with E-state index in [9.17, 15) is 4.79 Å². The van der Waals surface area contributed by atoms with Crippen molar-refractivity contribution < 1.29 is 4.79 Å². The number of nitrogens with one attached hydrogen (secondary N) is 1. The van der Waals surface area contributed by atoms with Crippen LogP contribution in [-0.4, -0.2) is 25.7 Å². The first-order valence-corrected chi connectivity index (χ1v) is 12.9. The molecular weight excluding hydrogens is 478 g/mol. The largest absolute Gasteiger partial charge is 0.326 e. The standard InChI is InChI=1S/C30H23N5OS/c36-29(20-25(21-9-3-1-4-10-21)22-11-5-2-6-12-22)31-24-14-7-13-23(19-24)26-16-17-28-32-33-30(35(28)34-26)27-15-8-18-37-27/h1-19,25H,20H2,(H,31,36). The van der Waals surface area contributed by atoms with Crippen LogP contribution in [0.5, 0.6) is 0 Å². The summed E-state index contributed by atoms with van der Waals surface area (Å²) < 4.78 is 1.76. The molecule has 7 heteroatoms. The van der Waals surface area contributed by atoms with Gasteiger partial charge in [-0.1, -0.05) is 78.9 Å². The summed E-state index contributed by atoms with van der Waals surface area (Å²) in [7, 11) is 0. The molecule has 0 unspecified atom stereocenters. The zero-order chi connectivity index (χ0) is 25.0. The van der Waals surface area contributed by atoms with E-state index >= 15 is 0 Å². The fourth-order valence-electron chi connectivity index (χ4n) is 4.45. The molecule has 0 saturated heterocycles. The maximum Gasteiger partial charge on any atom is 0.225 e. The Labute approximate surface area is 218 Å². The quantitative estimate of drug-likeness (QED) is 0.265. The Morgan fingerprint density at radius 3 is 2.27 bits per heavy atom. The van der Waals surface area contributed by atoms with Crippen LogP contribution in [0.1, 0.15) is 23.5 Å². The Hall–Kier alpha value is -4.62. The lowest BCUT2D eigenvalue weighted by atomic mass is 9.88. The highest BCUT2D eigenvalue weighted by molar-refractivity contribution is 7.13. The maximum atomic E-state index is 13.2. The van der Waals surface area contributed by atoms with Crippen LogP contribution in [0.2, 0.25) is 0 Å². The van der Waals surface area contributed by atoms with Crippen LogP contribution < -0.4 is 5.32 Å². The van der Waals surface area contributed by atoms with E-state index in [1.165, 1.54) is 0 Å². The third kappa shape index (κ3) is 4.90. The minimum Gasteiger partial charge on any atom is -0.326 e. The average Bonchev–Trinajstić information content (AvgIpc) is 3.63. The van der Waals surface area contributed by atoms with Crippen LogP contribution in [0, 0.1) is 0 Å². The SMILES string of the molecule is O=C(CC(c1ccccc1)c1ccccc1)Nc1cccc(-c2ccc3nnc(-c4cccs4)n3n2)c1. The van der Waals surface area contributed by atoms with Crippen molar-refractivity contribution in [3.63, 3.8) is 0 Å². The molecule has 1 N–H and O–H groups in total. The smallest absolute Gasteiger partial charge is 0.225 e. The number of anilines is 1. The summed E-state index contributed by atoms with van der Waals surface area (Å²) >= 11 is 1.60. The van der Waals surface area contributed by atoms with Crippen LogP contribution >= 0.6 is 11.3 Å². The number of thiophene rings is 1. The molecular formula is C30H23N5OS. The molecule has 6 aromatic rings. The van der Waals surface area contributed by atoms with Crippen LogP contribution in [0.4, 0.5) is 5.69 Å². The van der Waals surface area contributed by atoms with Gasteiger partial charge in [0, 0.05) is 23.6 Å². The predicted octanol–water partition coefficient (Wildman–Crippen LogP) is 6.68. The summed E-state index contributed by atoms with van der Waals surface area (Å²) in [6, 6.07) is 35.9. The zero-order valence-corrected chi connectivity index (χ0v) is 20.7. The van der Waals surface area contributed by atoms with E-state index in [1.807, 2.05) is 90.3 Å². The van der Waals surface area contributed by atoms with Gasteiger partial charge in [0.15, 0.2) is 11.5 Å². The van der Waals surface area contributed by atoms with Gasteiger partial charge in [-0.3, -0.25) is 4.79 Å². The van der Waals surface area contributed by atoms with Gasteiger partial charge in [0.25, 0.3) is 0 Å². The molecule has 1 amide bonds. The van der Waals surface area contributed by atoms with E-state index in [-0.39, 0.29) is 11.8 Å². The molecule has 0 radical (unpaired) electrons.